The van der Waals surface area contributed by atoms with E-state index in [1.54, 1.807) is 18.6 Å². The lowest BCUT2D eigenvalue weighted by molar-refractivity contribution is -0.157. The number of nitrogens with zero attached hydrogens (tertiary/aromatic N) is 8. The Morgan fingerprint density at radius 3 is 2.47 bits per heavy atom. The van der Waals surface area contributed by atoms with E-state index in [9.17, 15) is 4.79 Å². The maximum atomic E-state index is 12.0. The third kappa shape index (κ3) is 4.93. The minimum atomic E-state index is -0.561. The summed E-state index contributed by atoms with van der Waals surface area (Å²) in [6.45, 7) is 6.81. The molecule has 0 radical (unpaired) electrons. The van der Waals surface area contributed by atoms with Crippen LogP contribution in [-0.4, -0.2) is 60.3 Å². The molecule has 1 fully saturated rings. The van der Waals surface area contributed by atoms with Gasteiger partial charge in [0, 0.05) is 37.4 Å². The smallest absolute Gasteiger partial charge is 0.318 e. The van der Waals surface area contributed by atoms with Crippen LogP contribution < -0.4 is 10.2 Å². The number of esters is 1. The van der Waals surface area contributed by atoms with Crippen molar-refractivity contribution in [3.8, 4) is 11.5 Å². The van der Waals surface area contributed by atoms with Crippen molar-refractivity contribution in [3.05, 3.63) is 59.7 Å². The number of rotatable bonds is 7. The second-order valence-corrected chi connectivity index (χ2v) is 10.8. The van der Waals surface area contributed by atoms with Crippen molar-refractivity contribution in [3.63, 3.8) is 0 Å². The molecule has 3 aromatic heterocycles. The summed E-state index contributed by atoms with van der Waals surface area (Å²) in [6.07, 6.45) is 7.11. The van der Waals surface area contributed by atoms with E-state index in [4.69, 9.17) is 9.15 Å². The van der Waals surface area contributed by atoms with Crippen LogP contribution >= 0.6 is 0 Å². The second-order valence-electron chi connectivity index (χ2n) is 10.8. The first kappa shape index (κ1) is 24.0. The predicted octanol–water partition coefficient (Wildman–Crippen LogP) is 2.85. The van der Waals surface area contributed by atoms with E-state index < -0.39 is 5.41 Å². The molecule has 2 aliphatic rings. The Kier molecular flexibility index (Phi) is 6.01. The van der Waals surface area contributed by atoms with Crippen molar-refractivity contribution in [2.24, 2.45) is 5.41 Å². The molecule has 1 aliphatic carbocycles. The van der Waals surface area contributed by atoms with Crippen LogP contribution in [0, 0.1) is 5.41 Å². The number of fused-ring (bicyclic) bond motifs is 1. The topological polar surface area (TPSA) is 137 Å². The third-order valence-electron chi connectivity index (χ3n) is 6.76. The lowest BCUT2D eigenvalue weighted by atomic mass is 9.97. The number of carbonyl (C=O) groups is 1. The first-order valence-corrected chi connectivity index (χ1v) is 12.6. The first-order chi connectivity index (χ1) is 18.3. The molecule has 0 saturated carbocycles. The summed E-state index contributed by atoms with van der Waals surface area (Å²) in [5.74, 6) is 0.841. The fourth-order valence-corrected chi connectivity index (χ4v) is 4.54. The molecule has 12 heteroatoms. The summed E-state index contributed by atoms with van der Waals surface area (Å²) in [6, 6.07) is 9.22. The minimum Gasteiger partial charge on any atom is -0.442 e. The molecule has 12 nitrogen and oxygen atoms in total. The van der Waals surface area contributed by atoms with E-state index in [-0.39, 0.29) is 24.7 Å². The Morgan fingerprint density at radius 2 is 1.79 bits per heavy atom. The molecule has 4 heterocycles. The lowest BCUT2D eigenvalue weighted by Gasteiger charge is -2.36. The highest BCUT2D eigenvalue weighted by Gasteiger charge is 2.34. The molecule has 0 amide bonds. The highest BCUT2D eigenvalue weighted by atomic mass is 16.5. The largest absolute Gasteiger partial charge is 0.442 e. The molecule has 1 aromatic carbocycles. The summed E-state index contributed by atoms with van der Waals surface area (Å²) >= 11 is 0. The number of aromatic nitrogens is 7. The van der Waals surface area contributed by atoms with Crippen LogP contribution in [0.5, 0.6) is 0 Å². The number of hydrogen-bond acceptors (Lipinski definition) is 11. The molecule has 0 unspecified atom stereocenters. The SMILES string of the molecule is CC(C)(C)C(=O)OCn1cc(C2CN(c3nnc(-c4cnc(NC5Cc6ccccc6C5)nc4)o3)C2)nn1. The number of benzene rings is 1. The number of nitrogens with one attached hydrogen (secondary N) is 1. The van der Waals surface area contributed by atoms with Gasteiger partial charge in [0.15, 0.2) is 6.73 Å². The quantitative estimate of drug-likeness (QED) is 0.364. The molecular formula is C26H29N9O3. The van der Waals surface area contributed by atoms with Crippen LogP contribution in [-0.2, 0) is 29.1 Å². The molecule has 0 bridgehead atoms. The predicted molar refractivity (Wildman–Crippen MR) is 137 cm³/mol. The summed E-state index contributed by atoms with van der Waals surface area (Å²) in [4.78, 5) is 22.8. The summed E-state index contributed by atoms with van der Waals surface area (Å²) in [7, 11) is 0. The zero-order valence-electron chi connectivity index (χ0n) is 21.5. The molecular weight excluding hydrogens is 486 g/mol. The summed E-state index contributed by atoms with van der Waals surface area (Å²) < 4.78 is 12.7. The number of hydrogen-bond donors (Lipinski definition) is 1. The Morgan fingerprint density at radius 1 is 1.08 bits per heavy atom. The number of anilines is 2. The molecule has 196 valence electrons. The molecule has 4 aromatic rings. The summed E-state index contributed by atoms with van der Waals surface area (Å²) in [5.41, 5.74) is 3.68. The molecule has 1 aliphatic heterocycles. The van der Waals surface area contributed by atoms with Crippen LogP contribution in [0.15, 0.2) is 47.3 Å². The minimum absolute atomic E-state index is 0.0389. The van der Waals surface area contributed by atoms with E-state index in [0.717, 1.165) is 18.5 Å². The van der Waals surface area contributed by atoms with Gasteiger partial charge in [-0.25, -0.2) is 14.6 Å². The third-order valence-corrected chi connectivity index (χ3v) is 6.76. The van der Waals surface area contributed by atoms with Crippen LogP contribution in [0.4, 0.5) is 12.0 Å². The fraction of sp³-hybridized carbons (Fsp3) is 0.423. The molecule has 1 saturated heterocycles. The van der Waals surface area contributed by atoms with Crippen molar-refractivity contribution in [2.75, 3.05) is 23.3 Å². The van der Waals surface area contributed by atoms with Gasteiger partial charge in [0.25, 0.3) is 5.89 Å². The van der Waals surface area contributed by atoms with Crippen LogP contribution in [0.1, 0.15) is 43.5 Å². The van der Waals surface area contributed by atoms with E-state index in [2.05, 4.69) is 60.1 Å². The Bertz CT molecular complexity index is 1410. The van der Waals surface area contributed by atoms with Gasteiger partial charge in [0.2, 0.25) is 5.95 Å². The summed E-state index contributed by atoms with van der Waals surface area (Å²) in [5, 5.41) is 20.1. The Balaban J connectivity index is 1.01. The van der Waals surface area contributed by atoms with Gasteiger partial charge in [0.05, 0.1) is 22.9 Å². The number of carbonyl (C=O) groups excluding carboxylic acids is 1. The van der Waals surface area contributed by atoms with E-state index in [1.807, 2.05) is 25.7 Å². The van der Waals surface area contributed by atoms with Crippen LogP contribution in [0.2, 0.25) is 0 Å². The van der Waals surface area contributed by atoms with Gasteiger partial charge in [0.1, 0.15) is 0 Å². The van der Waals surface area contributed by atoms with Gasteiger partial charge in [-0.2, -0.15) is 0 Å². The second kappa shape index (κ2) is 9.51. The van der Waals surface area contributed by atoms with Crippen molar-refractivity contribution in [1.29, 1.82) is 0 Å². The zero-order valence-corrected chi connectivity index (χ0v) is 21.5. The fourth-order valence-electron chi connectivity index (χ4n) is 4.54. The van der Waals surface area contributed by atoms with Gasteiger partial charge in [-0.1, -0.05) is 34.6 Å². The zero-order chi connectivity index (χ0) is 26.3. The average Bonchev–Trinajstić information content (AvgIpc) is 3.61. The molecule has 38 heavy (non-hydrogen) atoms. The van der Waals surface area contributed by atoms with Crippen LogP contribution in [0.3, 0.4) is 0 Å². The Labute approximate surface area is 219 Å². The maximum Gasteiger partial charge on any atom is 0.318 e. The monoisotopic (exact) mass is 515 g/mol. The van der Waals surface area contributed by atoms with E-state index in [1.165, 1.54) is 15.8 Å². The van der Waals surface area contributed by atoms with Crippen molar-refractivity contribution in [1.82, 2.24) is 35.2 Å². The van der Waals surface area contributed by atoms with Crippen LogP contribution in [0.25, 0.3) is 11.5 Å². The highest BCUT2D eigenvalue weighted by Crippen LogP contribution is 2.31. The Hall–Kier alpha value is -4.35. The first-order valence-electron chi connectivity index (χ1n) is 12.6. The van der Waals surface area contributed by atoms with Gasteiger partial charge in [-0.05, 0) is 44.7 Å². The van der Waals surface area contributed by atoms with Gasteiger partial charge in [-0.15, -0.1) is 10.2 Å². The maximum absolute atomic E-state index is 12.0. The molecule has 0 spiro atoms. The van der Waals surface area contributed by atoms with Gasteiger partial charge in [-0.3, -0.25) is 4.79 Å². The van der Waals surface area contributed by atoms with E-state index >= 15 is 0 Å². The van der Waals surface area contributed by atoms with E-state index in [0.29, 0.717) is 36.5 Å². The average molecular weight is 516 g/mol. The standard InChI is InChI=1S/C26H29N9O3/c1-26(2,3)23(36)37-15-35-14-21(30-33-35)19-12-34(13-19)25-32-31-22(38-25)18-10-27-24(28-11-18)29-20-8-16-6-4-5-7-17(16)9-20/h4-7,10-11,14,19-20H,8-9,12-13,15H2,1-3H3,(H,27,28,29). The molecule has 6 rings (SSSR count). The normalized spacial score (nSPS) is 15.8. The van der Waals surface area contributed by atoms with Gasteiger partial charge >= 0.3 is 12.0 Å². The molecule has 1 N–H and O–H groups in total. The number of ether oxygens (including phenoxy) is 1. The highest BCUT2D eigenvalue weighted by molar-refractivity contribution is 5.75. The van der Waals surface area contributed by atoms with Crippen molar-refractivity contribution in [2.45, 2.75) is 52.3 Å². The molecule has 0 atom stereocenters. The lowest BCUT2D eigenvalue weighted by Crippen LogP contribution is -2.45. The van der Waals surface area contributed by atoms with Crippen molar-refractivity contribution < 1.29 is 13.9 Å². The van der Waals surface area contributed by atoms with Crippen molar-refractivity contribution >= 4 is 17.9 Å². The van der Waals surface area contributed by atoms with Gasteiger partial charge < -0.3 is 19.4 Å².